The Hall–Kier alpha value is -1.59. The van der Waals surface area contributed by atoms with Gasteiger partial charge in [0.05, 0.1) is 0 Å². The predicted octanol–water partition coefficient (Wildman–Crippen LogP) is 2.42. The van der Waals surface area contributed by atoms with Gasteiger partial charge in [0.15, 0.2) is 0 Å². The van der Waals surface area contributed by atoms with Gasteiger partial charge in [0.1, 0.15) is 6.04 Å². The monoisotopic (exact) mass is 355 g/mol. The average Bonchev–Trinajstić information content (AvgIpc) is 2.50. The Kier molecular flexibility index (Phi) is 11.1. The Morgan fingerprint density at radius 3 is 2.42 bits per heavy atom. The Labute approximate surface area is 151 Å². The summed E-state index contributed by atoms with van der Waals surface area (Å²) in [6.07, 6.45) is 2.34. The molecule has 0 saturated heterocycles. The molecule has 0 spiro atoms. The molecule has 0 fully saturated rings. The Balaban J connectivity index is 0.00000529. The van der Waals surface area contributed by atoms with Crippen molar-refractivity contribution in [1.82, 2.24) is 10.6 Å². The number of unbranched alkanes of at least 4 members (excludes halogenated alkanes) is 1. The molecule has 1 aromatic carbocycles. The zero-order valence-corrected chi connectivity index (χ0v) is 15.6. The van der Waals surface area contributed by atoms with E-state index in [0.29, 0.717) is 31.0 Å². The first-order valence-corrected chi connectivity index (χ1v) is 8.30. The topological polar surface area (TPSA) is 84.2 Å². The van der Waals surface area contributed by atoms with E-state index in [0.717, 1.165) is 18.4 Å². The molecule has 1 unspecified atom stereocenters. The minimum absolute atomic E-state index is 0. The van der Waals surface area contributed by atoms with Crippen molar-refractivity contribution < 1.29 is 9.59 Å². The second-order valence-electron chi connectivity index (χ2n) is 6.26. The molecule has 0 heterocycles. The highest BCUT2D eigenvalue weighted by molar-refractivity contribution is 5.98. The van der Waals surface area contributed by atoms with Crippen LogP contribution < -0.4 is 16.4 Å². The zero-order valence-electron chi connectivity index (χ0n) is 14.8. The Bertz CT molecular complexity index is 521. The van der Waals surface area contributed by atoms with E-state index in [2.05, 4.69) is 10.6 Å². The van der Waals surface area contributed by atoms with E-state index in [1.807, 2.05) is 39.0 Å². The van der Waals surface area contributed by atoms with E-state index in [1.165, 1.54) is 0 Å². The van der Waals surface area contributed by atoms with Gasteiger partial charge >= 0.3 is 0 Å². The van der Waals surface area contributed by atoms with Crippen molar-refractivity contribution >= 4 is 24.2 Å². The van der Waals surface area contributed by atoms with Gasteiger partial charge in [-0.3, -0.25) is 9.59 Å². The highest BCUT2D eigenvalue weighted by atomic mass is 35.5. The summed E-state index contributed by atoms with van der Waals surface area (Å²) in [5, 5.41) is 5.76. The van der Waals surface area contributed by atoms with Gasteiger partial charge < -0.3 is 16.4 Å². The summed E-state index contributed by atoms with van der Waals surface area (Å²) in [4.78, 5) is 24.8. The molecule has 4 N–H and O–H groups in total. The van der Waals surface area contributed by atoms with Gasteiger partial charge in [-0.15, -0.1) is 12.4 Å². The number of carbonyl (C=O) groups is 2. The second kappa shape index (κ2) is 11.9. The van der Waals surface area contributed by atoms with Gasteiger partial charge in [-0.2, -0.15) is 0 Å². The van der Waals surface area contributed by atoms with Gasteiger partial charge in [-0.05, 0) is 50.3 Å². The molecule has 1 rings (SSSR count). The van der Waals surface area contributed by atoms with Crippen LogP contribution in [0.3, 0.4) is 0 Å². The summed E-state index contributed by atoms with van der Waals surface area (Å²) in [7, 11) is 0. The number of benzene rings is 1. The van der Waals surface area contributed by atoms with E-state index < -0.39 is 6.04 Å². The molecule has 24 heavy (non-hydrogen) atoms. The number of hydrogen-bond donors (Lipinski definition) is 3. The van der Waals surface area contributed by atoms with Crippen LogP contribution in [0.5, 0.6) is 0 Å². The smallest absolute Gasteiger partial charge is 0.252 e. The van der Waals surface area contributed by atoms with Crippen LogP contribution in [0.15, 0.2) is 24.3 Å². The SMILES string of the molecule is Cc1ccccc1C(=O)NC(CC(C)C)C(=O)NCCCCN.Cl. The Morgan fingerprint density at radius 2 is 1.83 bits per heavy atom. The normalized spacial score (nSPS) is 11.5. The van der Waals surface area contributed by atoms with Crippen LogP contribution in [-0.4, -0.2) is 30.9 Å². The van der Waals surface area contributed by atoms with Gasteiger partial charge in [0, 0.05) is 12.1 Å². The number of rotatable bonds is 9. The third kappa shape index (κ3) is 7.79. The van der Waals surface area contributed by atoms with Crippen LogP contribution in [0, 0.1) is 12.8 Å². The van der Waals surface area contributed by atoms with Crippen LogP contribution >= 0.6 is 12.4 Å². The van der Waals surface area contributed by atoms with Crippen molar-refractivity contribution in [2.24, 2.45) is 11.7 Å². The summed E-state index contributed by atoms with van der Waals surface area (Å²) < 4.78 is 0. The highest BCUT2D eigenvalue weighted by Gasteiger charge is 2.22. The fourth-order valence-corrected chi connectivity index (χ4v) is 2.37. The van der Waals surface area contributed by atoms with Crippen molar-refractivity contribution in [3.05, 3.63) is 35.4 Å². The number of aryl methyl sites for hydroxylation is 1. The molecule has 0 bridgehead atoms. The molecule has 5 nitrogen and oxygen atoms in total. The van der Waals surface area contributed by atoms with Crippen LogP contribution in [0.1, 0.15) is 49.0 Å². The fourth-order valence-electron chi connectivity index (χ4n) is 2.37. The molecule has 0 saturated carbocycles. The quantitative estimate of drug-likeness (QED) is 0.595. The second-order valence-corrected chi connectivity index (χ2v) is 6.26. The van der Waals surface area contributed by atoms with Crippen molar-refractivity contribution in [2.75, 3.05) is 13.1 Å². The molecule has 2 amide bonds. The molecule has 0 aliphatic rings. The summed E-state index contributed by atoms with van der Waals surface area (Å²) in [5.41, 5.74) is 6.95. The molecule has 6 heteroatoms. The van der Waals surface area contributed by atoms with Crippen molar-refractivity contribution in [1.29, 1.82) is 0 Å². The lowest BCUT2D eigenvalue weighted by atomic mass is 10.0. The molecule has 0 radical (unpaired) electrons. The van der Waals surface area contributed by atoms with Crippen molar-refractivity contribution in [2.45, 2.75) is 46.1 Å². The predicted molar refractivity (Wildman–Crippen MR) is 100 cm³/mol. The van der Waals surface area contributed by atoms with Gasteiger partial charge in [-0.1, -0.05) is 32.0 Å². The number of amides is 2. The summed E-state index contributed by atoms with van der Waals surface area (Å²) in [5.74, 6) is -0.0181. The summed E-state index contributed by atoms with van der Waals surface area (Å²) in [6, 6.07) is 6.86. The lowest BCUT2D eigenvalue weighted by molar-refractivity contribution is -0.123. The van der Waals surface area contributed by atoms with Crippen LogP contribution in [0.2, 0.25) is 0 Å². The largest absolute Gasteiger partial charge is 0.354 e. The third-order valence-electron chi connectivity index (χ3n) is 3.65. The number of carbonyl (C=O) groups excluding carboxylic acids is 2. The van der Waals surface area contributed by atoms with Gasteiger partial charge in [-0.25, -0.2) is 0 Å². The molecule has 136 valence electrons. The lowest BCUT2D eigenvalue weighted by Crippen LogP contribution is -2.47. The molecule has 1 atom stereocenters. The maximum Gasteiger partial charge on any atom is 0.252 e. The highest BCUT2D eigenvalue weighted by Crippen LogP contribution is 2.10. The van der Waals surface area contributed by atoms with E-state index in [9.17, 15) is 9.59 Å². The third-order valence-corrected chi connectivity index (χ3v) is 3.65. The number of nitrogens with one attached hydrogen (secondary N) is 2. The van der Waals surface area contributed by atoms with E-state index >= 15 is 0 Å². The molecule has 0 aromatic heterocycles. The fraction of sp³-hybridized carbons (Fsp3) is 0.556. The number of hydrogen-bond acceptors (Lipinski definition) is 3. The first kappa shape index (κ1) is 22.4. The van der Waals surface area contributed by atoms with E-state index in [4.69, 9.17) is 5.73 Å². The van der Waals surface area contributed by atoms with E-state index in [1.54, 1.807) is 6.07 Å². The zero-order chi connectivity index (χ0) is 17.2. The Morgan fingerprint density at radius 1 is 1.17 bits per heavy atom. The molecule has 1 aromatic rings. The molecular weight excluding hydrogens is 326 g/mol. The maximum atomic E-state index is 12.4. The van der Waals surface area contributed by atoms with Crippen molar-refractivity contribution in [3.63, 3.8) is 0 Å². The molecule has 0 aliphatic heterocycles. The minimum Gasteiger partial charge on any atom is -0.354 e. The van der Waals surface area contributed by atoms with E-state index in [-0.39, 0.29) is 24.2 Å². The maximum absolute atomic E-state index is 12.4. The molecular formula is C18H30ClN3O2. The first-order chi connectivity index (χ1) is 11.0. The van der Waals surface area contributed by atoms with Crippen LogP contribution in [0.4, 0.5) is 0 Å². The standard InChI is InChI=1S/C18H29N3O2.ClH/c1-13(2)12-16(18(23)20-11-7-6-10-19)21-17(22)15-9-5-4-8-14(15)3;/h4-5,8-9,13,16H,6-7,10-12,19H2,1-3H3,(H,20,23)(H,21,22);1H. The van der Waals surface area contributed by atoms with Gasteiger partial charge in [0.2, 0.25) is 5.91 Å². The van der Waals surface area contributed by atoms with Crippen LogP contribution in [-0.2, 0) is 4.79 Å². The van der Waals surface area contributed by atoms with Crippen molar-refractivity contribution in [3.8, 4) is 0 Å². The lowest BCUT2D eigenvalue weighted by Gasteiger charge is -2.20. The molecule has 0 aliphatic carbocycles. The summed E-state index contributed by atoms with van der Waals surface area (Å²) in [6.45, 7) is 7.17. The summed E-state index contributed by atoms with van der Waals surface area (Å²) >= 11 is 0. The first-order valence-electron chi connectivity index (χ1n) is 8.30. The number of halogens is 1. The number of nitrogens with two attached hydrogens (primary N) is 1. The minimum atomic E-state index is -0.514. The van der Waals surface area contributed by atoms with Crippen LogP contribution in [0.25, 0.3) is 0 Å². The average molecular weight is 356 g/mol. The van der Waals surface area contributed by atoms with Gasteiger partial charge in [0.25, 0.3) is 5.91 Å².